The highest BCUT2D eigenvalue weighted by Gasteiger charge is 2.21. The van der Waals surface area contributed by atoms with Crippen LogP contribution in [0.3, 0.4) is 0 Å². The summed E-state index contributed by atoms with van der Waals surface area (Å²) in [4.78, 5) is 1.34. The second-order valence-corrected chi connectivity index (χ2v) is 6.94. The first-order valence-corrected chi connectivity index (χ1v) is 7.62. The van der Waals surface area contributed by atoms with Gasteiger partial charge < -0.3 is 10.1 Å². The van der Waals surface area contributed by atoms with Gasteiger partial charge in [0.25, 0.3) is 0 Å². The lowest BCUT2D eigenvalue weighted by molar-refractivity contribution is 0.227. The van der Waals surface area contributed by atoms with Crippen LogP contribution in [0.5, 0.6) is 5.75 Å². The fourth-order valence-corrected chi connectivity index (χ4v) is 3.62. The van der Waals surface area contributed by atoms with E-state index in [2.05, 4.69) is 45.5 Å². The first-order valence-electron chi connectivity index (χ1n) is 6.01. The normalized spacial score (nSPS) is 17.5. The Morgan fingerprint density at radius 2 is 2.17 bits per heavy atom. The van der Waals surface area contributed by atoms with E-state index in [1.807, 2.05) is 12.1 Å². The Hall–Kier alpha value is -0.840. The predicted octanol–water partition coefficient (Wildman–Crippen LogP) is 3.60. The summed E-state index contributed by atoms with van der Waals surface area (Å²) < 4.78 is 7.07. The van der Waals surface area contributed by atoms with Gasteiger partial charge in [-0.05, 0) is 39.7 Å². The van der Waals surface area contributed by atoms with Gasteiger partial charge in [0, 0.05) is 24.4 Å². The summed E-state index contributed by atoms with van der Waals surface area (Å²) in [6, 6.07) is 12.5. The van der Waals surface area contributed by atoms with Crippen LogP contribution in [-0.2, 0) is 13.0 Å². The summed E-state index contributed by atoms with van der Waals surface area (Å²) in [7, 11) is 0. The summed E-state index contributed by atoms with van der Waals surface area (Å²) in [6.45, 7) is 1.80. The van der Waals surface area contributed by atoms with Gasteiger partial charge in [0.1, 0.15) is 11.9 Å². The molecule has 18 heavy (non-hydrogen) atoms. The predicted molar refractivity (Wildman–Crippen MR) is 78.3 cm³/mol. The van der Waals surface area contributed by atoms with E-state index in [1.54, 1.807) is 11.3 Å². The van der Waals surface area contributed by atoms with E-state index < -0.39 is 0 Å². The van der Waals surface area contributed by atoms with E-state index in [9.17, 15) is 0 Å². The molecule has 0 saturated heterocycles. The molecular weight excluding hydrogens is 310 g/mol. The maximum absolute atomic E-state index is 5.88. The first kappa shape index (κ1) is 12.2. The number of nitrogens with one attached hydrogen (secondary N) is 1. The first-order chi connectivity index (χ1) is 8.81. The molecular formula is C14H14BrNOS. The van der Waals surface area contributed by atoms with Crippen LogP contribution < -0.4 is 10.1 Å². The van der Waals surface area contributed by atoms with Crippen molar-refractivity contribution in [3.8, 4) is 5.75 Å². The number of hydrogen-bond donors (Lipinski definition) is 1. The van der Waals surface area contributed by atoms with E-state index in [0.29, 0.717) is 0 Å². The maximum Gasteiger partial charge on any atom is 0.123 e. The molecule has 1 aliphatic heterocycles. The third-order valence-electron chi connectivity index (χ3n) is 3.01. The van der Waals surface area contributed by atoms with Crippen molar-refractivity contribution in [2.45, 2.75) is 19.1 Å². The Bertz CT molecular complexity index is 515. The third-order valence-corrected chi connectivity index (χ3v) is 4.64. The molecule has 1 aromatic heterocycles. The van der Waals surface area contributed by atoms with Gasteiger partial charge in [-0.15, -0.1) is 11.3 Å². The van der Waals surface area contributed by atoms with Gasteiger partial charge in [0.2, 0.25) is 0 Å². The monoisotopic (exact) mass is 323 g/mol. The van der Waals surface area contributed by atoms with Gasteiger partial charge in [-0.3, -0.25) is 0 Å². The topological polar surface area (TPSA) is 21.3 Å². The Kier molecular flexibility index (Phi) is 3.68. The average molecular weight is 324 g/mol. The number of halogens is 1. The molecule has 1 atom stereocenters. The molecule has 2 heterocycles. The molecule has 0 amide bonds. The fourth-order valence-electron chi connectivity index (χ4n) is 2.17. The Morgan fingerprint density at radius 3 is 2.94 bits per heavy atom. The van der Waals surface area contributed by atoms with Crippen molar-refractivity contribution in [1.82, 2.24) is 5.32 Å². The lowest BCUT2D eigenvalue weighted by atomic mass is 10.1. The number of fused-ring (bicyclic) bond motifs is 1. The van der Waals surface area contributed by atoms with Crippen LogP contribution >= 0.6 is 27.3 Å². The molecule has 0 fully saturated rings. The van der Waals surface area contributed by atoms with Gasteiger partial charge in [-0.25, -0.2) is 0 Å². The molecule has 1 aromatic carbocycles. The molecule has 1 N–H and O–H groups in total. The summed E-state index contributed by atoms with van der Waals surface area (Å²) in [5.41, 5.74) is 1.32. The minimum atomic E-state index is 0.269. The summed E-state index contributed by atoms with van der Waals surface area (Å²) in [5.74, 6) is 1.04. The highest BCUT2D eigenvalue weighted by molar-refractivity contribution is 9.11. The van der Waals surface area contributed by atoms with E-state index in [-0.39, 0.29) is 6.10 Å². The van der Waals surface area contributed by atoms with Crippen LogP contribution in [0.2, 0.25) is 0 Å². The van der Waals surface area contributed by atoms with Crippen LogP contribution in [0.1, 0.15) is 10.4 Å². The second-order valence-electron chi connectivity index (χ2n) is 4.39. The van der Waals surface area contributed by atoms with Crippen LogP contribution in [0, 0.1) is 0 Å². The highest BCUT2D eigenvalue weighted by Crippen LogP contribution is 2.28. The number of hydrogen-bond acceptors (Lipinski definition) is 3. The van der Waals surface area contributed by atoms with Crippen molar-refractivity contribution in [2.24, 2.45) is 0 Å². The van der Waals surface area contributed by atoms with Crippen molar-refractivity contribution in [1.29, 1.82) is 0 Å². The van der Waals surface area contributed by atoms with Crippen LogP contribution in [0.25, 0.3) is 0 Å². The Labute approximate surface area is 119 Å². The van der Waals surface area contributed by atoms with Gasteiger partial charge in [-0.2, -0.15) is 0 Å². The van der Waals surface area contributed by atoms with Crippen molar-refractivity contribution in [2.75, 3.05) is 6.54 Å². The molecule has 3 rings (SSSR count). The van der Waals surface area contributed by atoms with Gasteiger partial charge in [-0.1, -0.05) is 18.2 Å². The molecule has 0 bridgehead atoms. The Balaban J connectivity index is 1.48. The smallest absolute Gasteiger partial charge is 0.123 e. The number of benzene rings is 1. The van der Waals surface area contributed by atoms with Gasteiger partial charge in [0.05, 0.1) is 3.79 Å². The molecule has 1 aliphatic rings. The average Bonchev–Trinajstić information content (AvgIpc) is 2.95. The number of ether oxygens (including phenoxy) is 1. The third kappa shape index (κ3) is 2.76. The molecule has 2 nitrogen and oxygen atoms in total. The molecule has 4 heteroatoms. The summed E-state index contributed by atoms with van der Waals surface area (Å²) in [5, 5.41) is 3.46. The largest absolute Gasteiger partial charge is 0.488 e. The lowest BCUT2D eigenvalue weighted by Gasteiger charge is -2.11. The molecule has 1 unspecified atom stereocenters. The van der Waals surface area contributed by atoms with Gasteiger partial charge >= 0.3 is 0 Å². The maximum atomic E-state index is 5.88. The standard InChI is InChI=1S/C14H14BrNOS/c15-14-6-5-12(18-14)9-16-8-11-7-10-3-1-2-4-13(10)17-11/h1-6,11,16H,7-9H2. The van der Waals surface area contributed by atoms with E-state index >= 15 is 0 Å². The number of thiophene rings is 1. The summed E-state index contributed by atoms with van der Waals surface area (Å²) >= 11 is 5.25. The zero-order valence-electron chi connectivity index (χ0n) is 9.86. The number of para-hydroxylation sites is 1. The molecule has 0 radical (unpaired) electrons. The molecule has 0 spiro atoms. The SMILES string of the molecule is Brc1ccc(CNCC2Cc3ccccc3O2)s1. The fraction of sp³-hybridized carbons (Fsp3) is 0.286. The summed E-state index contributed by atoms with van der Waals surface area (Å²) in [6.07, 6.45) is 1.28. The number of rotatable bonds is 4. The van der Waals surface area contributed by atoms with Crippen molar-refractivity contribution in [3.05, 3.63) is 50.6 Å². The van der Waals surface area contributed by atoms with E-state index in [0.717, 1.165) is 25.3 Å². The van der Waals surface area contributed by atoms with Gasteiger partial charge in [0.15, 0.2) is 0 Å². The minimum Gasteiger partial charge on any atom is -0.488 e. The Morgan fingerprint density at radius 1 is 1.28 bits per heavy atom. The zero-order valence-corrected chi connectivity index (χ0v) is 12.3. The molecule has 94 valence electrons. The van der Waals surface area contributed by atoms with Crippen molar-refractivity contribution < 1.29 is 4.74 Å². The second kappa shape index (κ2) is 5.43. The van der Waals surface area contributed by atoms with Crippen LogP contribution in [0.4, 0.5) is 0 Å². The van der Waals surface area contributed by atoms with E-state index in [4.69, 9.17) is 4.74 Å². The lowest BCUT2D eigenvalue weighted by Crippen LogP contribution is -2.29. The van der Waals surface area contributed by atoms with Crippen LogP contribution in [-0.4, -0.2) is 12.6 Å². The van der Waals surface area contributed by atoms with Crippen molar-refractivity contribution >= 4 is 27.3 Å². The minimum absolute atomic E-state index is 0.269. The molecule has 0 saturated carbocycles. The van der Waals surface area contributed by atoms with Crippen molar-refractivity contribution in [3.63, 3.8) is 0 Å². The van der Waals surface area contributed by atoms with Crippen LogP contribution in [0.15, 0.2) is 40.2 Å². The highest BCUT2D eigenvalue weighted by atomic mass is 79.9. The zero-order chi connectivity index (χ0) is 12.4. The molecule has 2 aromatic rings. The quantitative estimate of drug-likeness (QED) is 0.928. The molecule has 0 aliphatic carbocycles. The van der Waals surface area contributed by atoms with E-state index in [1.165, 1.54) is 14.2 Å².